The molecule has 21 heavy (non-hydrogen) atoms. The summed E-state index contributed by atoms with van der Waals surface area (Å²) in [5.41, 5.74) is 0. The Morgan fingerprint density at radius 1 is 1.48 bits per heavy atom. The van der Waals surface area contributed by atoms with E-state index in [2.05, 4.69) is 0 Å². The molecule has 1 heterocycles. The van der Waals surface area contributed by atoms with Crippen LogP contribution in [0.1, 0.15) is 6.92 Å². The fourth-order valence-corrected chi connectivity index (χ4v) is 2.16. The average Bonchev–Trinajstić information content (AvgIpc) is 2.47. The number of hydrogen-bond donors (Lipinski definition) is 0. The Morgan fingerprint density at radius 2 is 2.29 bits per heavy atom. The number of benzene rings is 1. The number of nitrogens with zero attached hydrogens (tertiary/aromatic N) is 1. The molecule has 0 amide bonds. The highest BCUT2D eigenvalue weighted by Crippen LogP contribution is 2.16. The first-order valence-electron chi connectivity index (χ1n) is 7.06. The maximum absolute atomic E-state index is 13.4. The van der Waals surface area contributed by atoms with E-state index in [0.29, 0.717) is 26.3 Å². The van der Waals surface area contributed by atoms with Crippen molar-refractivity contribution in [3.63, 3.8) is 0 Å². The van der Waals surface area contributed by atoms with Gasteiger partial charge in [0, 0.05) is 13.1 Å². The molecular weight excluding hydrogens is 277 g/mol. The summed E-state index contributed by atoms with van der Waals surface area (Å²) in [6, 6.07) is 6.26. The van der Waals surface area contributed by atoms with Crippen molar-refractivity contribution in [3.05, 3.63) is 30.1 Å². The largest absolute Gasteiger partial charge is 0.488 e. The molecule has 1 aromatic carbocycles. The van der Waals surface area contributed by atoms with Crippen molar-refractivity contribution in [2.24, 2.45) is 0 Å². The molecule has 1 atom stereocenters. The van der Waals surface area contributed by atoms with Gasteiger partial charge in [0.05, 0.1) is 19.8 Å². The molecule has 6 heteroatoms. The quantitative estimate of drug-likeness (QED) is 0.744. The molecule has 1 unspecified atom stereocenters. The van der Waals surface area contributed by atoms with Crippen LogP contribution in [-0.2, 0) is 14.3 Å². The van der Waals surface area contributed by atoms with Crippen molar-refractivity contribution in [2.75, 3.05) is 39.5 Å². The lowest BCUT2D eigenvalue weighted by molar-refractivity contribution is -0.146. The van der Waals surface area contributed by atoms with Gasteiger partial charge in [-0.3, -0.25) is 9.69 Å². The average molecular weight is 297 g/mol. The van der Waals surface area contributed by atoms with Crippen LogP contribution in [0.2, 0.25) is 0 Å². The zero-order valence-electron chi connectivity index (χ0n) is 12.1. The first-order chi connectivity index (χ1) is 10.2. The molecule has 5 nitrogen and oxygen atoms in total. The second-order valence-electron chi connectivity index (χ2n) is 4.77. The number of ether oxygens (including phenoxy) is 3. The van der Waals surface area contributed by atoms with E-state index in [9.17, 15) is 9.18 Å². The Morgan fingerprint density at radius 3 is 3.05 bits per heavy atom. The zero-order chi connectivity index (χ0) is 15.1. The number of morpholine rings is 1. The first kappa shape index (κ1) is 15.7. The summed E-state index contributed by atoms with van der Waals surface area (Å²) in [5, 5.41) is 0. The summed E-state index contributed by atoms with van der Waals surface area (Å²) in [6.07, 6.45) is -0.187. The highest BCUT2D eigenvalue weighted by atomic mass is 19.1. The monoisotopic (exact) mass is 297 g/mol. The smallest absolute Gasteiger partial charge is 0.320 e. The Hall–Kier alpha value is -1.66. The summed E-state index contributed by atoms with van der Waals surface area (Å²) < 4.78 is 29.4. The molecule has 0 aromatic heterocycles. The number of carbonyl (C=O) groups excluding carboxylic acids is 1. The Bertz CT molecular complexity index is 469. The van der Waals surface area contributed by atoms with Crippen LogP contribution in [0.25, 0.3) is 0 Å². The van der Waals surface area contributed by atoms with Crippen LogP contribution in [-0.4, -0.2) is 56.4 Å². The van der Waals surface area contributed by atoms with E-state index < -0.39 is 5.82 Å². The van der Waals surface area contributed by atoms with Gasteiger partial charge in [-0.15, -0.1) is 0 Å². The molecule has 0 saturated carbocycles. The summed E-state index contributed by atoms with van der Waals surface area (Å²) in [7, 11) is 0. The number of halogens is 1. The molecule has 116 valence electrons. The lowest BCUT2D eigenvalue weighted by Crippen LogP contribution is -2.47. The van der Waals surface area contributed by atoms with Gasteiger partial charge in [-0.25, -0.2) is 4.39 Å². The minimum absolute atomic E-state index is 0.187. The zero-order valence-corrected chi connectivity index (χ0v) is 12.1. The maximum Gasteiger partial charge on any atom is 0.320 e. The predicted octanol–water partition coefficient (Wildman–Crippen LogP) is 1.47. The molecule has 0 radical (unpaired) electrons. The van der Waals surface area contributed by atoms with Gasteiger partial charge in [0.15, 0.2) is 11.6 Å². The second kappa shape index (κ2) is 7.95. The number of carbonyl (C=O) groups is 1. The number of rotatable bonds is 6. The van der Waals surface area contributed by atoms with Gasteiger partial charge < -0.3 is 14.2 Å². The molecule has 0 spiro atoms. The third-order valence-electron chi connectivity index (χ3n) is 3.14. The van der Waals surface area contributed by atoms with E-state index in [1.807, 2.05) is 4.90 Å². The summed E-state index contributed by atoms with van der Waals surface area (Å²) in [5.74, 6) is -0.423. The van der Waals surface area contributed by atoms with Gasteiger partial charge in [-0.1, -0.05) is 12.1 Å². The van der Waals surface area contributed by atoms with Crippen molar-refractivity contribution in [3.8, 4) is 5.75 Å². The van der Waals surface area contributed by atoms with E-state index in [-0.39, 0.29) is 31.0 Å². The van der Waals surface area contributed by atoms with Gasteiger partial charge in [0.25, 0.3) is 0 Å². The third-order valence-corrected chi connectivity index (χ3v) is 3.14. The molecule has 0 bridgehead atoms. The van der Waals surface area contributed by atoms with Crippen LogP contribution in [0.4, 0.5) is 4.39 Å². The number of hydrogen-bond acceptors (Lipinski definition) is 5. The Labute approximate surface area is 123 Å². The van der Waals surface area contributed by atoms with Crippen molar-refractivity contribution < 1.29 is 23.4 Å². The highest BCUT2D eigenvalue weighted by molar-refractivity contribution is 5.71. The molecule has 1 saturated heterocycles. The van der Waals surface area contributed by atoms with Gasteiger partial charge in [0.2, 0.25) is 0 Å². The van der Waals surface area contributed by atoms with Crippen LogP contribution >= 0.6 is 0 Å². The van der Waals surface area contributed by atoms with Gasteiger partial charge in [-0.05, 0) is 19.1 Å². The second-order valence-corrected chi connectivity index (χ2v) is 4.77. The van der Waals surface area contributed by atoms with Gasteiger partial charge in [0.1, 0.15) is 12.7 Å². The molecule has 1 aromatic rings. The standard InChI is InChI=1S/C15H20FNO4/c1-2-19-15(18)10-17-7-8-20-12(9-17)11-21-14-6-4-3-5-13(14)16/h3-6,12H,2,7-11H2,1H3. The lowest BCUT2D eigenvalue weighted by Gasteiger charge is -2.32. The first-order valence-corrected chi connectivity index (χ1v) is 7.06. The third kappa shape index (κ3) is 4.99. The normalized spacial score (nSPS) is 19.2. The molecule has 0 aliphatic carbocycles. The molecule has 0 N–H and O–H groups in total. The van der Waals surface area contributed by atoms with Crippen LogP contribution in [0.15, 0.2) is 24.3 Å². The SMILES string of the molecule is CCOC(=O)CN1CCOC(COc2ccccc2F)C1. The van der Waals surface area contributed by atoms with E-state index in [0.717, 1.165) is 0 Å². The van der Waals surface area contributed by atoms with Gasteiger partial charge in [-0.2, -0.15) is 0 Å². The van der Waals surface area contributed by atoms with Crippen LogP contribution < -0.4 is 4.74 Å². The van der Waals surface area contributed by atoms with Gasteiger partial charge >= 0.3 is 5.97 Å². The molecule has 1 fully saturated rings. The van der Waals surface area contributed by atoms with E-state index >= 15 is 0 Å². The van der Waals surface area contributed by atoms with E-state index in [4.69, 9.17) is 14.2 Å². The Balaban J connectivity index is 1.79. The summed E-state index contributed by atoms with van der Waals surface area (Å²) in [6.45, 7) is 4.41. The van der Waals surface area contributed by atoms with Crippen LogP contribution in [0.3, 0.4) is 0 Å². The van der Waals surface area contributed by atoms with Crippen molar-refractivity contribution >= 4 is 5.97 Å². The maximum atomic E-state index is 13.4. The molecule has 1 aliphatic rings. The minimum atomic E-state index is -0.392. The molecule has 1 aliphatic heterocycles. The number of para-hydroxylation sites is 1. The summed E-state index contributed by atoms with van der Waals surface area (Å²) >= 11 is 0. The van der Waals surface area contributed by atoms with Crippen molar-refractivity contribution in [1.82, 2.24) is 4.90 Å². The van der Waals surface area contributed by atoms with E-state index in [1.54, 1.807) is 25.1 Å². The highest BCUT2D eigenvalue weighted by Gasteiger charge is 2.23. The van der Waals surface area contributed by atoms with Crippen LogP contribution in [0, 0.1) is 5.82 Å². The fourth-order valence-electron chi connectivity index (χ4n) is 2.16. The minimum Gasteiger partial charge on any atom is -0.488 e. The molecule has 2 rings (SSSR count). The number of esters is 1. The molecular formula is C15H20FNO4. The van der Waals surface area contributed by atoms with Crippen molar-refractivity contribution in [2.45, 2.75) is 13.0 Å². The van der Waals surface area contributed by atoms with E-state index in [1.165, 1.54) is 6.07 Å². The summed E-state index contributed by atoms with van der Waals surface area (Å²) in [4.78, 5) is 13.4. The fraction of sp³-hybridized carbons (Fsp3) is 0.533. The predicted molar refractivity (Wildman–Crippen MR) is 74.7 cm³/mol. The Kier molecular flexibility index (Phi) is 5.95. The topological polar surface area (TPSA) is 48.0 Å². The van der Waals surface area contributed by atoms with Crippen LogP contribution in [0.5, 0.6) is 5.75 Å². The van der Waals surface area contributed by atoms with Crippen molar-refractivity contribution in [1.29, 1.82) is 0 Å². The lowest BCUT2D eigenvalue weighted by atomic mass is 10.3.